The van der Waals surface area contributed by atoms with E-state index in [4.69, 9.17) is 0 Å². The second-order valence-corrected chi connectivity index (χ2v) is 8.31. The van der Waals surface area contributed by atoms with Crippen LogP contribution in [0.3, 0.4) is 0 Å². The SMILES string of the molecule is CC(C)N1CC(C(=O)NCCN=C2NS(=O)(=O)c3ccccc32)CC1=O. The van der Waals surface area contributed by atoms with Crippen LogP contribution in [-0.4, -0.2) is 56.6 Å². The molecule has 0 bridgehead atoms. The predicted molar refractivity (Wildman–Crippen MR) is 96.1 cm³/mol. The van der Waals surface area contributed by atoms with Gasteiger partial charge in [-0.25, -0.2) is 8.42 Å². The Hall–Kier alpha value is -2.42. The number of hydrogen-bond acceptors (Lipinski definition) is 5. The van der Waals surface area contributed by atoms with E-state index in [1.807, 2.05) is 13.8 Å². The average molecular weight is 378 g/mol. The smallest absolute Gasteiger partial charge is 0.263 e. The van der Waals surface area contributed by atoms with Crippen LogP contribution in [0, 0.1) is 5.92 Å². The van der Waals surface area contributed by atoms with E-state index in [1.54, 1.807) is 23.1 Å². The lowest BCUT2D eigenvalue weighted by molar-refractivity contribution is -0.129. The van der Waals surface area contributed by atoms with Crippen molar-refractivity contribution >= 4 is 27.7 Å². The van der Waals surface area contributed by atoms with Crippen molar-refractivity contribution in [2.24, 2.45) is 10.9 Å². The monoisotopic (exact) mass is 378 g/mol. The fraction of sp³-hybridized carbons (Fsp3) is 0.471. The van der Waals surface area contributed by atoms with Crippen molar-refractivity contribution in [1.82, 2.24) is 14.9 Å². The lowest BCUT2D eigenvalue weighted by Gasteiger charge is -2.20. The van der Waals surface area contributed by atoms with Gasteiger partial charge in [-0.05, 0) is 26.0 Å². The molecule has 0 aromatic heterocycles. The van der Waals surface area contributed by atoms with Crippen molar-refractivity contribution in [2.45, 2.75) is 31.2 Å². The standard InChI is InChI=1S/C17H22N4O4S/c1-11(2)21-10-12(9-15(21)22)17(23)19-8-7-18-16-13-5-3-4-6-14(13)26(24,25)20-16/h3-6,11-12H,7-10H2,1-2H3,(H,18,20)(H,19,23). The number of amidine groups is 1. The van der Waals surface area contributed by atoms with E-state index in [1.165, 1.54) is 6.07 Å². The number of carbonyl (C=O) groups excluding carboxylic acids is 2. The van der Waals surface area contributed by atoms with Gasteiger partial charge in [-0.1, -0.05) is 12.1 Å². The summed E-state index contributed by atoms with van der Waals surface area (Å²) in [6, 6.07) is 6.71. The van der Waals surface area contributed by atoms with E-state index >= 15 is 0 Å². The summed E-state index contributed by atoms with van der Waals surface area (Å²) >= 11 is 0. The van der Waals surface area contributed by atoms with E-state index in [9.17, 15) is 18.0 Å². The molecule has 2 amide bonds. The Bertz CT molecular complexity index is 863. The molecular formula is C17H22N4O4S. The third-order valence-corrected chi connectivity index (χ3v) is 5.89. The molecule has 0 saturated carbocycles. The highest BCUT2D eigenvalue weighted by atomic mass is 32.2. The summed E-state index contributed by atoms with van der Waals surface area (Å²) in [4.78, 5) is 30.2. The molecule has 140 valence electrons. The maximum Gasteiger partial charge on any atom is 0.263 e. The molecule has 26 heavy (non-hydrogen) atoms. The first kappa shape index (κ1) is 18.4. The second-order valence-electron chi connectivity index (χ2n) is 6.66. The van der Waals surface area contributed by atoms with E-state index in [0.29, 0.717) is 12.1 Å². The molecule has 1 unspecified atom stereocenters. The fourth-order valence-corrected chi connectivity index (χ4v) is 4.40. The number of fused-ring (bicyclic) bond motifs is 1. The van der Waals surface area contributed by atoms with Gasteiger partial charge in [0, 0.05) is 31.1 Å². The van der Waals surface area contributed by atoms with E-state index in [-0.39, 0.29) is 54.0 Å². The van der Waals surface area contributed by atoms with Crippen LogP contribution in [0.2, 0.25) is 0 Å². The Morgan fingerprint density at radius 3 is 2.81 bits per heavy atom. The van der Waals surface area contributed by atoms with Crippen molar-refractivity contribution in [3.8, 4) is 0 Å². The molecule has 2 aliphatic heterocycles. The highest BCUT2D eigenvalue weighted by Gasteiger charge is 2.35. The van der Waals surface area contributed by atoms with Gasteiger partial charge in [0.15, 0.2) is 0 Å². The zero-order valence-corrected chi connectivity index (χ0v) is 15.5. The van der Waals surface area contributed by atoms with Gasteiger partial charge in [-0.2, -0.15) is 0 Å². The molecule has 0 aliphatic carbocycles. The summed E-state index contributed by atoms with van der Waals surface area (Å²) in [6.07, 6.45) is 0.228. The van der Waals surface area contributed by atoms with E-state index in [2.05, 4.69) is 15.0 Å². The van der Waals surface area contributed by atoms with Gasteiger partial charge in [-0.3, -0.25) is 19.3 Å². The van der Waals surface area contributed by atoms with Gasteiger partial charge in [0.05, 0.1) is 17.4 Å². The molecule has 1 aromatic rings. The molecule has 2 heterocycles. The molecule has 2 aliphatic rings. The second kappa shape index (κ2) is 7.06. The van der Waals surface area contributed by atoms with Crippen molar-refractivity contribution in [3.63, 3.8) is 0 Å². The Morgan fingerprint density at radius 1 is 1.38 bits per heavy atom. The summed E-state index contributed by atoms with van der Waals surface area (Å²) in [6.45, 7) is 4.80. The molecular weight excluding hydrogens is 356 g/mol. The van der Waals surface area contributed by atoms with Crippen molar-refractivity contribution in [3.05, 3.63) is 29.8 Å². The normalized spacial score (nSPS) is 22.6. The number of hydrogen-bond donors (Lipinski definition) is 2. The average Bonchev–Trinajstić information content (AvgIpc) is 3.10. The first-order valence-corrected chi connectivity index (χ1v) is 10.0. The largest absolute Gasteiger partial charge is 0.354 e. The summed E-state index contributed by atoms with van der Waals surface area (Å²) in [5, 5.41) is 2.77. The first-order valence-electron chi connectivity index (χ1n) is 8.53. The Balaban J connectivity index is 1.54. The topological polar surface area (TPSA) is 108 Å². The number of rotatable bonds is 5. The quantitative estimate of drug-likeness (QED) is 0.708. The highest BCUT2D eigenvalue weighted by molar-refractivity contribution is 7.90. The Morgan fingerprint density at radius 2 is 2.12 bits per heavy atom. The van der Waals surface area contributed by atoms with Crippen molar-refractivity contribution in [2.75, 3.05) is 19.6 Å². The number of benzene rings is 1. The summed E-state index contributed by atoms with van der Waals surface area (Å²) in [5.41, 5.74) is 0.535. The van der Waals surface area contributed by atoms with Crippen LogP contribution >= 0.6 is 0 Å². The first-order chi connectivity index (χ1) is 12.3. The molecule has 1 fully saturated rings. The van der Waals surface area contributed by atoms with E-state index in [0.717, 1.165) is 0 Å². The third-order valence-electron chi connectivity index (χ3n) is 4.50. The number of sulfonamides is 1. The lowest BCUT2D eigenvalue weighted by Crippen LogP contribution is -2.36. The Labute approximate surface area is 152 Å². The van der Waals surface area contributed by atoms with Crippen LogP contribution in [0.15, 0.2) is 34.2 Å². The van der Waals surface area contributed by atoms with Crippen LogP contribution < -0.4 is 10.0 Å². The molecule has 3 rings (SSSR count). The van der Waals surface area contributed by atoms with Crippen LogP contribution in [0.1, 0.15) is 25.8 Å². The van der Waals surface area contributed by atoms with Gasteiger partial charge in [0.25, 0.3) is 10.0 Å². The molecule has 0 spiro atoms. The van der Waals surface area contributed by atoms with E-state index < -0.39 is 10.0 Å². The van der Waals surface area contributed by atoms with Gasteiger partial charge in [0.2, 0.25) is 11.8 Å². The zero-order chi connectivity index (χ0) is 18.9. The minimum Gasteiger partial charge on any atom is -0.354 e. The van der Waals surface area contributed by atoms with Crippen molar-refractivity contribution in [1.29, 1.82) is 0 Å². The highest BCUT2D eigenvalue weighted by Crippen LogP contribution is 2.22. The fourth-order valence-electron chi connectivity index (χ4n) is 3.15. The molecule has 0 radical (unpaired) electrons. The van der Waals surface area contributed by atoms with Crippen molar-refractivity contribution < 1.29 is 18.0 Å². The number of amides is 2. The van der Waals surface area contributed by atoms with Gasteiger partial charge < -0.3 is 10.2 Å². The lowest BCUT2D eigenvalue weighted by atomic mass is 10.1. The molecule has 8 nitrogen and oxygen atoms in total. The summed E-state index contributed by atoms with van der Waals surface area (Å²) in [5.74, 6) is -0.230. The number of carbonyl (C=O) groups is 2. The Kier molecular flexibility index (Phi) is 4.99. The predicted octanol–water partition coefficient (Wildman–Crippen LogP) is 0.0982. The third kappa shape index (κ3) is 3.57. The van der Waals surface area contributed by atoms with Crippen LogP contribution in [0.25, 0.3) is 0 Å². The molecule has 1 aromatic carbocycles. The van der Waals surface area contributed by atoms with Gasteiger partial charge in [-0.15, -0.1) is 0 Å². The van der Waals surface area contributed by atoms with Gasteiger partial charge >= 0.3 is 0 Å². The summed E-state index contributed by atoms with van der Waals surface area (Å²) < 4.78 is 26.4. The van der Waals surface area contributed by atoms with Crippen LogP contribution in [-0.2, 0) is 19.6 Å². The minimum atomic E-state index is -3.55. The maximum absolute atomic E-state index is 12.2. The maximum atomic E-state index is 12.2. The van der Waals surface area contributed by atoms with Crippen LogP contribution in [0.4, 0.5) is 0 Å². The summed E-state index contributed by atoms with van der Waals surface area (Å²) in [7, 11) is -3.55. The van der Waals surface area contributed by atoms with Gasteiger partial charge in [0.1, 0.15) is 5.84 Å². The molecule has 1 atom stereocenters. The zero-order valence-electron chi connectivity index (χ0n) is 14.7. The number of nitrogens with zero attached hydrogens (tertiary/aromatic N) is 2. The molecule has 9 heteroatoms. The number of likely N-dealkylation sites (tertiary alicyclic amines) is 1. The molecule has 2 N–H and O–H groups in total. The number of aliphatic imine (C=N–C) groups is 1. The molecule has 1 saturated heterocycles. The minimum absolute atomic E-state index is 0.00244. The van der Waals surface area contributed by atoms with Crippen LogP contribution in [0.5, 0.6) is 0 Å². The number of nitrogens with one attached hydrogen (secondary N) is 2.